The summed E-state index contributed by atoms with van der Waals surface area (Å²) >= 11 is 6.09. The smallest absolute Gasteiger partial charge is 0.226 e. The molecule has 1 aliphatic heterocycles. The minimum absolute atomic E-state index is 0.316. The van der Waals surface area contributed by atoms with E-state index in [1.807, 2.05) is 12.1 Å². The third-order valence-electron chi connectivity index (χ3n) is 3.73. The van der Waals surface area contributed by atoms with Crippen molar-refractivity contribution in [3.8, 4) is 0 Å². The van der Waals surface area contributed by atoms with Gasteiger partial charge in [-0.05, 0) is 18.6 Å². The molecule has 0 saturated carbocycles. The largest absolute Gasteiger partial charge is 0.341 e. The van der Waals surface area contributed by atoms with E-state index in [0.717, 1.165) is 11.4 Å². The van der Waals surface area contributed by atoms with Gasteiger partial charge in [-0.1, -0.05) is 53.3 Å². The van der Waals surface area contributed by atoms with Crippen molar-refractivity contribution in [3.05, 3.63) is 29.3 Å². The maximum atomic E-state index is 6.09. The van der Waals surface area contributed by atoms with Gasteiger partial charge in [0.2, 0.25) is 6.35 Å². The Hall–Kier alpha value is -0.953. The van der Waals surface area contributed by atoms with Crippen LogP contribution < -0.4 is 16.3 Å². The number of nitrogens with zero attached hydrogens (tertiary/aromatic N) is 2. The lowest BCUT2D eigenvalue weighted by molar-refractivity contribution is 0.101. The highest BCUT2D eigenvalue weighted by atomic mass is 35.5. The van der Waals surface area contributed by atoms with Crippen molar-refractivity contribution in [1.29, 1.82) is 0 Å². The molecule has 1 aromatic carbocycles. The molecule has 7 heteroatoms. The lowest BCUT2D eigenvalue weighted by Gasteiger charge is -2.24. The normalized spacial score (nSPS) is 23.6. The minimum Gasteiger partial charge on any atom is -0.341 e. The molecule has 1 aliphatic rings. The van der Waals surface area contributed by atoms with Crippen LogP contribution in [0.25, 0.3) is 0 Å². The highest BCUT2D eigenvalue weighted by Crippen LogP contribution is 2.18. The number of rotatable bonds is 5. The van der Waals surface area contributed by atoms with Crippen LogP contribution in [0.15, 0.2) is 34.6 Å². The Morgan fingerprint density at radius 2 is 2.30 bits per heavy atom. The second-order valence-corrected chi connectivity index (χ2v) is 11.0. The first kappa shape index (κ1) is 15.4. The van der Waals surface area contributed by atoms with Gasteiger partial charge < -0.3 is 10.6 Å². The van der Waals surface area contributed by atoms with Crippen molar-refractivity contribution >= 4 is 24.9 Å². The molecule has 3 N–H and O–H groups in total. The summed E-state index contributed by atoms with van der Waals surface area (Å²) in [6.07, 6.45) is 0.670. The molecular weight excluding hydrogens is 292 g/mol. The van der Waals surface area contributed by atoms with E-state index in [1.165, 1.54) is 11.2 Å². The predicted molar refractivity (Wildman–Crippen MR) is 83.7 cm³/mol. The second-order valence-electron chi connectivity index (χ2n) is 5.71. The lowest BCUT2D eigenvalue weighted by Crippen LogP contribution is -2.42. The van der Waals surface area contributed by atoms with E-state index in [0.29, 0.717) is 12.6 Å². The fraction of sp³-hybridized carbons (Fsp3) is 0.538. The molecule has 0 spiro atoms. The number of nitrogens with two attached hydrogens (primary N) is 1. The van der Waals surface area contributed by atoms with Crippen LogP contribution in [-0.2, 0) is 4.74 Å². The topological polar surface area (TPSA) is 72.0 Å². The van der Waals surface area contributed by atoms with E-state index < -0.39 is 8.07 Å². The Balaban J connectivity index is 1.90. The van der Waals surface area contributed by atoms with E-state index in [4.69, 9.17) is 22.2 Å². The molecule has 110 valence electrons. The van der Waals surface area contributed by atoms with Crippen molar-refractivity contribution in [2.24, 2.45) is 16.2 Å². The van der Waals surface area contributed by atoms with Crippen LogP contribution in [0.4, 0.5) is 0 Å². The van der Waals surface area contributed by atoms with Gasteiger partial charge in [-0.2, -0.15) is 0 Å². The summed E-state index contributed by atoms with van der Waals surface area (Å²) in [4.78, 5) is 0. The van der Waals surface area contributed by atoms with Gasteiger partial charge in [0.1, 0.15) is 0 Å². The molecule has 1 heterocycles. The van der Waals surface area contributed by atoms with Crippen LogP contribution >= 0.6 is 11.6 Å². The van der Waals surface area contributed by atoms with Crippen LogP contribution in [0.2, 0.25) is 24.2 Å². The molecule has 0 amide bonds. The van der Waals surface area contributed by atoms with E-state index in [9.17, 15) is 0 Å². The maximum absolute atomic E-state index is 6.09. The molecule has 0 aromatic heterocycles. The Kier molecular flexibility index (Phi) is 5.15. The van der Waals surface area contributed by atoms with E-state index in [1.54, 1.807) is 0 Å². The van der Waals surface area contributed by atoms with Gasteiger partial charge in [0, 0.05) is 11.1 Å². The monoisotopic (exact) mass is 312 g/mol. The van der Waals surface area contributed by atoms with Crippen molar-refractivity contribution in [3.63, 3.8) is 0 Å². The molecular formula is C13H21ClN4OSi. The SMILES string of the molecule is C[Si](C)(CC[C@H]1COC(N=NN)N1)c1cccc(Cl)c1. The fourth-order valence-electron chi connectivity index (χ4n) is 2.39. The van der Waals surface area contributed by atoms with Gasteiger partial charge in [-0.25, -0.2) is 0 Å². The van der Waals surface area contributed by atoms with Crippen LogP contribution in [0.5, 0.6) is 0 Å². The maximum Gasteiger partial charge on any atom is 0.226 e. The minimum atomic E-state index is -1.48. The summed E-state index contributed by atoms with van der Waals surface area (Å²) in [6.45, 7) is 5.39. The Morgan fingerprint density at radius 3 is 3.00 bits per heavy atom. The molecule has 5 nitrogen and oxygen atoms in total. The van der Waals surface area contributed by atoms with Crippen LogP contribution in [0.1, 0.15) is 6.42 Å². The summed E-state index contributed by atoms with van der Waals surface area (Å²) in [5.74, 6) is 5.02. The summed E-state index contributed by atoms with van der Waals surface area (Å²) in [6, 6.07) is 9.71. The summed E-state index contributed by atoms with van der Waals surface area (Å²) in [5, 5.41) is 12.5. The first-order valence-electron chi connectivity index (χ1n) is 6.75. The summed E-state index contributed by atoms with van der Waals surface area (Å²) in [7, 11) is -1.48. The predicted octanol–water partition coefficient (Wildman–Crippen LogP) is 2.24. The average molecular weight is 313 g/mol. The molecule has 0 aliphatic carbocycles. The number of ether oxygens (including phenoxy) is 1. The molecule has 1 saturated heterocycles. The average Bonchev–Trinajstić information content (AvgIpc) is 2.85. The Bertz CT molecular complexity index is 483. The standard InChI is InChI=1S/C13H21ClN4OSi/c1-20(2,12-5-3-4-10(14)8-12)7-6-11-9-19-13(16-11)17-18-15/h3-5,8,11,13,16H,6-7,9H2,1-2H3,(H2,15,17)/t11-,13?/m0/s1. The second kappa shape index (κ2) is 6.67. The van der Waals surface area contributed by atoms with Crippen molar-refractivity contribution in [2.75, 3.05) is 6.61 Å². The van der Waals surface area contributed by atoms with Crippen LogP contribution in [0.3, 0.4) is 0 Å². The first-order valence-corrected chi connectivity index (χ1v) is 10.3. The molecule has 0 radical (unpaired) electrons. The van der Waals surface area contributed by atoms with E-state index in [-0.39, 0.29) is 6.35 Å². The molecule has 1 unspecified atom stereocenters. The highest BCUT2D eigenvalue weighted by Gasteiger charge is 2.29. The molecule has 2 rings (SSSR count). The zero-order valence-electron chi connectivity index (χ0n) is 11.8. The Morgan fingerprint density at radius 1 is 1.50 bits per heavy atom. The number of nitrogens with one attached hydrogen (secondary N) is 1. The van der Waals surface area contributed by atoms with Gasteiger partial charge >= 0.3 is 0 Å². The third kappa shape index (κ3) is 4.02. The van der Waals surface area contributed by atoms with Gasteiger partial charge in [-0.15, -0.1) is 5.11 Å². The lowest BCUT2D eigenvalue weighted by atomic mass is 10.2. The number of benzene rings is 1. The molecule has 1 fully saturated rings. The zero-order valence-corrected chi connectivity index (χ0v) is 13.6. The summed E-state index contributed by atoms with van der Waals surface area (Å²) < 4.78 is 5.44. The number of halogens is 1. The van der Waals surface area contributed by atoms with Crippen molar-refractivity contribution in [2.45, 2.75) is 38.0 Å². The molecule has 1 aromatic rings. The van der Waals surface area contributed by atoms with Gasteiger partial charge in [0.25, 0.3) is 0 Å². The Labute approximate surface area is 125 Å². The van der Waals surface area contributed by atoms with E-state index >= 15 is 0 Å². The highest BCUT2D eigenvalue weighted by molar-refractivity contribution is 6.89. The fourth-order valence-corrected chi connectivity index (χ4v) is 5.12. The van der Waals surface area contributed by atoms with Crippen molar-refractivity contribution in [1.82, 2.24) is 5.32 Å². The van der Waals surface area contributed by atoms with Gasteiger partial charge in [0.15, 0.2) is 0 Å². The zero-order chi connectivity index (χ0) is 14.6. The first-order chi connectivity index (χ1) is 9.51. The van der Waals surface area contributed by atoms with Crippen LogP contribution in [-0.4, -0.2) is 27.1 Å². The quantitative estimate of drug-likeness (QED) is 0.379. The third-order valence-corrected chi connectivity index (χ3v) is 7.38. The number of hydrogen-bond donors (Lipinski definition) is 2. The van der Waals surface area contributed by atoms with Crippen molar-refractivity contribution < 1.29 is 4.74 Å². The molecule has 0 bridgehead atoms. The summed E-state index contributed by atoms with van der Waals surface area (Å²) in [5.41, 5.74) is 0. The van der Waals surface area contributed by atoms with E-state index in [2.05, 4.69) is 40.9 Å². The molecule has 2 atom stereocenters. The van der Waals surface area contributed by atoms with Gasteiger partial charge in [-0.3, -0.25) is 5.32 Å². The van der Waals surface area contributed by atoms with Gasteiger partial charge in [0.05, 0.1) is 14.7 Å². The number of hydrogen-bond acceptors (Lipinski definition) is 4. The molecule has 20 heavy (non-hydrogen) atoms. The van der Waals surface area contributed by atoms with Crippen LogP contribution in [0, 0.1) is 0 Å².